The molecule has 1 aromatic rings. The zero-order valence-corrected chi connectivity index (χ0v) is 10.4. The molecule has 2 atom stereocenters. The number of furan rings is 1. The van der Waals surface area contributed by atoms with Crippen molar-refractivity contribution in [2.24, 2.45) is 5.92 Å². The summed E-state index contributed by atoms with van der Waals surface area (Å²) in [4.78, 5) is 2.41. The highest BCUT2D eigenvalue weighted by molar-refractivity contribution is 4.98. The number of hydrogen-bond acceptors (Lipinski definition) is 4. The van der Waals surface area contributed by atoms with Gasteiger partial charge in [0.15, 0.2) is 0 Å². The van der Waals surface area contributed by atoms with Gasteiger partial charge in [0.1, 0.15) is 5.76 Å². The minimum absolute atomic E-state index is 0.251. The molecule has 4 nitrogen and oxygen atoms in total. The van der Waals surface area contributed by atoms with Gasteiger partial charge in [-0.1, -0.05) is 6.92 Å². The second kappa shape index (κ2) is 6.19. The summed E-state index contributed by atoms with van der Waals surface area (Å²) in [5, 5.41) is 12.6. The summed E-state index contributed by atoms with van der Waals surface area (Å²) in [7, 11) is 0. The third-order valence-electron chi connectivity index (χ3n) is 3.24. The van der Waals surface area contributed by atoms with E-state index in [4.69, 9.17) is 9.52 Å². The monoisotopic (exact) mass is 238 g/mol. The van der Waals surface area contributed by atoms with Crippen molar-refractivity contribution in [3.8, 4) is 0 Å². The van der Waals surface area contributed by atoms with Crippen LogP contribution in [-0.2, 0) is 6.54 Å². The zero-order chi connectivity index (χ0) is 12.1. The highest BCUT2D eigenvalue weighted by Gasteiger charge is 2.21. The van der Waals surface area contributed by atoms with E-state index in [1.165, 1.54) is 0 Å². The van der Waals surface area contributed by atoms with Crippen molar-refractivity contribution in [1.29, 1.82) is 0 Å². The molecule has 2 N–H and O–H groups in total. The lowest BCUT2D eigenvalue weighted by atomic mass is 10.2. The molecule has 17 heavy (non-hydrogen) atoms. The Morgan fingerprint density at radius 2 is 2.41 bits per heavy atom. The number of hydrogen-bond donors (Lipinski definition) is 2. The van der Waals surface area contributed by atoms with Crippen LogP contribution in [0.5, 0.6) is 0 Å². The second-order valence-electron chi connectivity index (χ2n) is 5.00. The Morgan fingerprint density at radius 1 is 1.53 bits per heavy atom. The first-order valence-corrected chi connectivity index (χ1v) is 6.37. The average Bonchev–Trinajstić information content (AvgIpc) is 2.72. The molecule has 0 aliphatic carbocycles. The van der Waals surface area contributed by atoms with Crippen LogP contribution in [-0.4, -0.2) is 42.3 Å². The Bertz CT molecular complexity index is 313. The van der Waals surface area contributed by atoms with Crippen molar-refractivity contribution in [2.75, 3.05) is 26.2 Å². The molecule has 1 aliphatic heterocycles. The van der Waals surface area contributed by atoms with E-state index in [0.717, 1.165) is 38.4 Å². The summed E-state index contributed by atoms with van der Waals surface area (Å²) < 4.78 is 5.40. The van der Waals surface area contributed by atoms with Crippen LogP contribution in [0.1, 0.15) is 19.1 Å². The van der Waals surface area contributed by atoms with E-state index in [-0.39, 0.29) is 6.61 Å². The Labute approximate surface area is 103 Å². The van der Waals surface area contributed by atoms with E-state index in [9.17, 15) is 0 Å². The van der Waals surface area contributed by atoms with E-state index < -0.39 is 0 Å². The van der Waals surface area contributed by atoms with Gasteiger partial charge in [-0.25, -0.2) is 0 Å². The molecule has 2 unspecified atom stereocenters. The average molecular weight is 238 g/mol. The van der Waals surface area contributed by atoms with Crippen LogP contribution in [0.25, 0.3) is 0 Å². The molecule has 2 heterocycles. The highest BCUT2D eigenvalue weighted by atomic mass is 16.3. The lowest BCUT2D eigenvalue weighted by Gasteiger charge is -2.23. The van der Waals surface area contributed by atoms with Crippen LogP contribution in [0, 0.1) is 5.92 Å². The zero-order valence-electron chi connectivity index (χ0n) is 10.4. The molecule has 4 heteroatoms. The van der Waals surface area contributed by atoms with E-state index in [0.29, 0.717) is 12.0 Å². The van der Waals surface area contributed by atoms with Gasteiger partial charge in [0.25, 0.3) is 0 Å². The molecule has 0 saturated carbocycles. The Balaban J connectivity index is 1.93. The first-order chi connectivity index (χ1) is 8.28. The Kier molecular flexibility index (Phi) is 4.59. The van der Waals surface area contributed by atoms with Crippen molar-refractivity contribution in [2.45, 2.75) is 25.9 Å². The lowest BCUT2D eigenvalue weighted by Crippen LogP contribution is -2.37. The van der Waals surface area contributed by atoms with Crippen LogP contribution in [0.2, 0.25) is 0 Å². The second-order valence-corrected chi connectivity index (χ2v) is 5.00. The van der Waals surface area contributed by atoms with E-state index in [2.05, 4.69) is 17.1 Å². The van der Waals surface area contributed by atoms with Crippen LogP contribution in [0.3, 0.4) is 0 Å². The maximum Gasteiger partial charge on any atom is 0.117 e. The molecule has 1 fully saturated rings. The molecule has 0 amide bonds. The van der Waals surface area contributed by atoms with Crippen LogP contribution < -0.4 is 5.32 Å². The van der Waals surface area contributed by atoms with Crippen molar-refractivity contribution in [3.63, 3.8) is 0 Å². The third-order valence-corrected chi connectivity index (χ3v) is 3.24. The summed E-state index contributed by atoms with van der Waals surface area (Å²) in [6.45, 7) is 6.45. The summed E-state index contributed by atoms with van der Waals surface area (Å²) in [6, 6.07) is 4.34. The van der Waals surface area contributed by atoms with E-state index >= 15 is 0 Å². The fourth-order valence-corrected chi connectivity index (χ4v) is 2.43. The quantitative estimate of drug-likeness (QED) is 0.824. The standard InChI is InChI=1S/C13H22N2O2/c1-11-7-14-12(4-5-16)9-15(8-11)10-13-3-2-6-17-13/h2-3,6,11-12,14,16H,4-5,7-10H2,1H3. The maximum absolute atomic E-state index is 9.04. The molecule has 0 bridgehead atoms. The fourth-order valence-electron chi connectivity index (χ4n) is 2.43. The summed E-state index contributed by atoms with van der Waals surface area (Å²) in [5.74, 6) is 1.65. The molecule has 0 radical (unpaired) electrons. The molecule has 96 valence electrons. The molecule has 0 aromatic carbocycles. The number of aliphatic hydroxyl groups is 1. The Morgan fingerprint density at radius 3 is 3.12 bits per heavy atom. The van der Waals surface area contributed by atoms with Crippen LogP contribution in [0.4, 0.5) is 0 Å². The number of nitrogens with one attached hydrogen (secondary N) is 1. The van der Waals surface area contributed by atoms with Crippen LogP contribution in [0.15, 0.2) is 22.8 Å². The Hall–Kier alpha value is -0.840. The third kappa shape index (κ3) is 3.84. The van der Waals surface area contributed by atoms with Gasteiger partial charge in [-0.2, -0.15) is 0 Å². The molecule has 2 rings (SSSR count). The van der Waals surface area contributed by atoms with E-state index in [1.54, 1.807) is 6.26 Å². The number of nitrogens with zero attached hydrogens (tertiary/aromatic N) is 1. The summed E-state index contributed by atoms with van der Waals surface area (Å²) in [6.07, 6.45) is 2.54. The van der Waals surface area contributed by atoms with Crippen molar-refractivity contribution in [3.05, 3.63) is 24.2 Å². The van der Waals surface area contributed by atoms with Crippen molar-refractivity contribution < 1.29 is 9.52 Å². The molecular weight excluding hydrogens is 216 g/mol. The van der Waals surface area contributed by atoms with Gasteiger partial charge in [-0.05, 0) is 31.0 Å². The highest BCUT2D eigenvalue weighted by Crippen LogP contribution is 2.12. The van der Waals surface area contributed by atoms with E-state index in [1.807, 2.05) is 12.1 Å². The minimum atomic E-state index is 0.251. The molecule has 1 aliphatic rings. The predicted molar refractivity (Wildman–Crippen MR) is 66.6 cm³/mol. The maximum atomic E-state index is 9.04. The lowest BCUT2D eigenvalue weighted by molar-refractivity contribution is 0.204. The molecule has 1 aromatic heterocycles. The van der Waals surface area contributed by atoms with Gasteiger partial charge >= 0.3 is 0 Å². The SMILES string of the molecule is CC1CNC(CCO)CN(Cc2ccco2)C1. The first-order valence-electron chi connectivity index (χ1n) is 6.37. The van der Waals surface area contributed by atoms with Crippen LogP contribution >= 0.6 is 0 Å². The van der Waals surface area contributed by atoms with Gasteiger partial charge in [0.05, 0.1) is 12.8 Å². The molecular formula is C13H22N2O2. The van der Waals surface area contributed by atoms with Gasteiger partial charge in [-0.15, -0.1) is 0 Å². The normalized spacial score (nSPS) is 26.9. The van der Waals surface area contributed by atoms with Gasteiger partial charge in [-0.3, -0.25) is 4.90 Å². The largest absolute Gasteiger partial charge is 0.468 e. The molecule has 0 spiro atoms. The number of aliphatic hydroxyl groups excluding tert-OH is 1. The summed E-state index contributed by atoms with van der Waals surface area (Å²) in [5.41, 5.74) is 0. The first kappa shape index (κ1) is 12.6. The van der Waals surface area contributed by atoms with Crippen molar-refractivity contribution >= 4 is 0 Å². The van der Waals surface area contributed by atoms with Gasteiger partial charge in [0, 0.05) is 25.7 Å². The smallest absolute Gasteiger partial charge is 0.117 e. The minimum Gasteiger partial charge on any atom is -0.468 e. The molecule has 1 saturated heterocycles. The van der Waals surface area contributed by atoms with Gasteiger partial charge < -0.3 is 14.8 Å². The van der Waals surface area contributed by atoms with Gasteiger partial charge in [0.2, 0.25) is 0 Å². The summed E-state index contributed by atoms with van der Waals surface area (Å²) >= 11 is 0. The fraction of sp³-hybridized carbons (Fsp3) is 0.692. The topological polar surface area (TPSA) is 48.6 Å². The van der Waals surface area contributed by atoms with Crippen molar-refractivity contribution in [1.82, 2.24) is 10.2 Å². The number of rotatable bonds is 4. The predicted octanol–water partition coefficient (Wildman–Crippen LogP) is 1.07.